The number of carbonyl (C=O) groups is 1. The second kappa shape index (κ2) is 3.47. The fraction of sp³-hybridized carbons (Fsp3) is 0.250. The van der Waals surface area contributed by atoms with Crippen molar-refractivity contribution in [1.82, 2.24) is 24.8 Å². The topological polar surface area (TPSA) is 65.6 Å². The van der Waals surface area contributed by atoms with Gasteiger partial charge < -0.3 is 0 Å². The molecule has 0 amide bonds. The maximum absolute atomic E-state index is 11.9. The quantitative estimate of drug-likeness (QED) is 0.696. The Bertz CT molecular complexity index is 495. The zero-order chi connectivity index (χ0) is 11.0. The Hall–Kier alpha value is -1.69. The van der Waals surface area contributed by atoms with E-state index in [4.69, 9.17) is 11.6 Å². The summed E-state index contributed by atoms with van der Waals surface area (Å²) in [5.41, 5.74) is 0.570. The van der Waals surface area contributed by atoms with Gasteiger partial charge in [-0.1, -0.05) is 16.8 Å². The summed E-state index contributed by atoms with van der Waals surface area (Å²) in [6.45, 7) is 0. The minimum atomic E-state index is -0.284. The van der Waals surface area contributed by atoms with E-state index in [0.29, 0.717) is 10.7 Å². The summed E-state index contributed by atoms with van der Waals surface area (Å²) in [5, 5.41) is 11.6. The molecule has 0 spiro atoms. The Kier molecular flexibility index (Phi) is 2.28. The van der Waals surface area contributed by atoms with Crippen molar-refractivity contribution in [2.24, 2.45) is 14.1 Å². The molecule has 2 aromatic rings. The van der Waals surface area contributed by atoms with Gasteiger partial charge in [0.1, 0.15) is 5.69 Å². The number of rotatable bonds is 2. The van der Waals surface area contributed by atoms with Gasteiger partial charge in [-0.15, -0.1) is 5.10 Å². The molecule has 7 heteroatoms. The van der Waals surface area contributed by atoms with Gasteiger partial charge in [0, 0.05) is 14.1 Å². The van der Waals surface area contributed by atoms with Gasteiger partial charge in [0.2, 0.25) is 5.78 Å². The van der Waals surface area contributed by atoms with Crippen LogP contribution in [-0.4, -0.2) is 30.6 Å². The van der Waals surface area contributed by atoms with Gasteiger partial charge in [-0.25, -0.2) is 0 Å². The van der Waals surface area contributed by atoms with Gasteiger partial charge in [-0.3, -0.25) is 14.2 Å². The predicted molar refractivity (Wildman–Crippen MR) is 52.7 cm³/mol. The summed E-state index contributed by atoms with van der Waals surface area (Å²) in [4.78, 5) is 11.9. The Morgan fingerprint density at radius 3 is 2.67 bits per heavy atom. The van der Waals surface area contributed by atoms with Crippen LogP contribution < -0.4 is 0 Å². The second-order valence-corrected chi connectivity index (χ2v) is 3.48. The first-order chi connectivity index (χ1) is 7.09. The third kappa shape index (κ3) is 1.63. The smallest absolute Gasteiger partial charge is 0.234 e. The zero-order valence-electron chi connectivity index (χ0n) is 8.18. The van der Waals surface area contributed by atoms with E-state index in [1.54, 1.807) is 14.1 Å². The lowest BCUT2D eigenvalue weighted by molar-refractivity contribution is 0.102. The fourth-order valence-electron chi connectivity index (χ4n) is 1.24. The van der Waals surface area contributed by atoms with Crippen LogP contribution in [0.15, 0.2) is 12.4 Å². The molecule has 0 saturated heterocycles. The van der Waals surface area contributed by atoms with Crippen molar-refractivity contribution < 1.29 is 4.79 Å². The standard InChI is InChI=1S/C8H8ClN5O/c1-13-4-6(11-12-13)8(15)7-5(9)3-10-14(7)2/h3-4H,1-2H3. The summed E-state index contributed by atoms with van der Waals surface area (Å²) in [6, 6.07) is 0. The number of aryl methyl sites for hydroxylation is 2. The molecule has 15 heavy (non-hydrogen) atoms. The van der Waals surface area contributed by atoms with E-state index >= 15 is 0 Å². The Labute approximate surface area is 90.5 Å². The molecule has 0 saturated carbocycles. The SMILES string of the molecule is Cn1cc(C(=O)c2c(Cl)cnn2C)nn1. The summed E-state index contributed by atoms with van der Waals surface area (Å²) in [7, 11) is 3.34. The van der Waals surface area contributed by atoms with Gasteiger partial charge in [-0.2, -0.15) is 5.10 Å². The van der Waals surface area contributed by atoms with Gasteiger partial charge in [-0.05, 0) is 0 Å². The number of carbonyl (C=O) groups excluding carboxylic acids is 1. The van der Waals surface area contributed by atoms with Gasteiger partial charge in [0.15, 0.2) is 5.69 Å². The van der Waals surface area contributed by atoms with Crippen molar-refractivity contribution >= 4 is 17.4 Å². The molecule has 2 aromatic heterocycles. The molecule has 2 rings (SSSR count). The molecule has 0 radical (unpaired) electrons. The van der Waals surface area contributed by atoms with Crippen LogP contribution in [0.1, 0.15) is 16.2 Å². The highest BCUT2D eigenvalue weighted by Gasteiger charge is 2.19. The van der Waals surface area contributed by atoms with Crippen molar-refractivity contribution in [2.75, 3.05) is 0 Å². The molecule has 0 N–H and O–H groups in total. The lowest BCUT2D eigenvalue weighted by atomic mass is 10.2. The third-order valence-electron chi connectivity index (χ3n) is 1.94. The van der Waals surface area contributed by atoms with Crippen LogP contribution in [0.25, 0.3) is 0 Å². The van der Waals surface area contributed by atoms with E-state index in [-0.39, 0.29) is 11.5 Å². The second-order valence-electron chi connectivity index (χ2n) is 3.07. The summed E-state index contributed by atoms with van der Waals surface area (Å²) in [6.07, 6.45) is 2.96. The molecule has 2 heterocycles. The zero-order valence-corrected chi connectivity index (χ0v) is 8.93. The first-order valence-corrected chi connectivity index (χ1v) is 4.56. The number of hydrogen-bond acceptors (Lipinski definition) is 4. The molecule has 0 aliphatic carbocycles. The normalized spacial score (nSPS) is 10.6. The van der Waals surface area contributed by atoms with Crippen molar-refractivity contribution in [2.45, 2.75) is 0 Å². The number of halogens is 1. The number of nitrogens with zero attached hydrogens (tertiary/aromatic N) is 5. The minimum Gasteiger partial charge on any atom is -0.285 e. The van der Waals surface area contributed by atoms with E-state index in [2.05, 4.69) is 15.4 Å². The predicted octanol–water partition coefficient (Wildman–Crippen LogP) is 0.433. The molecule has 0 aliphatic heterocycles. The number of aromatic nitrogens is 5. The van der Waals surface area contributed by atoms with Crippen molar-refractivity contribution in [3.05, 3.63) is 28.8 Å². The average molecular weight is 226 g/mol. The lowest BCUT2D eigenvalue weighted by Gasteiger charge is -1.97. The maximum atomic E-state index is 11.9. The summed E-state index contributed by atoms with van der Waals surface area (Å²) >= 11 is 5.84. The van der Waals surface area contributed by atoms with Crippen LogP contribution in [0.2, 0.25) is 5.02 Å². The molecule has 0 fully saturated rings. The van der Waals surface area contributed by atoms with Gasteiger partial charge in [0.25, 0.3) is 0 Å². The molecule has 0 bridgehead atoms. The van der Waals surface area contributed by atoms with Crippen molar-refractivity contribution in [3.8, 4) is 0 Å². The van der Waals surface area contributed by atoms with E-state index in [1.165, 1.54) is 21.8 Å². The summed E-state index contributed by atoms with van der Waals surface area (Å²) < 4.78 is 2.87. The Morgan fingerprint density at radius 1 is 1.47 bits per heavy atom. The van der Waals surface area contributed by atoms with Crippen molar-refractivity contribution in [1.29, 1.82) is 0 Å². The van der Waals surface area contributed by atoms with Gasteiger partial charge in [0.05, 0.1) is 17.4 Å². The fourth-order valence-corrected chi connectivity index (χ4v) is 1.49. The molecule has 0 aliphatic rings. The first-order valence-electron chi connectivity index (χ1n) is 4.18. The molecule has 6 nitrogen and oxygen atoms in total. The Morgan fingerprint density at radius 2 is 2.20 bits per heavy atom. The maximum Gasteiger partial charge on any atom is 0.234 e. The van der Waals surface area contributed by atoms with Crippen LogP contribution in [-0.2, 0) is 14.1 Å². The highest BCUT2D eigenvalue weighted by atomic mass is 35.5. The third-order valence-corrected chi connectivity index (χ3v) is 2.22. The highest BCUT2D eigenvalue weighted by Crippen LogP contribution is 2.16. The molecule has 0 atom stereocenters. The van der Waals surface area contributed by atoms with E-state index in [1.807, 2.05) is 0 Å². The van der Waals surface area contributed by atoms with Crippen molar-refractivity contribution in [3.63, 3.8) is 0 Å². The molecular weight excluding hydrogens is 218 g/mol. The molecule has 0 aromatic carbocycles. The largest absolute Gasteiger partial charge is 0.285 e. The lowest BCUT2D eigenvalue weighted by Crippen LogP contribution is -2.09. The molecular formula is C8H8ClN5O. The molecule has 0 unspecified atom stereocenters. The number of ketones is 1. The Balaban J connectivity index is 2.45. The van der Waals surface area contributed by atoms with Gasteiger partial charge >= 0.3 is 0 Å². The van der Waals surface area contributed by atoms with E-state index in [9.17, 15) is 4.79 Å². The van der Waals surface area contributed by atoms with E-state index in [0.717, 1.165) is 0 Å². The summed E-state index contributed by atoms with van der Waals surface area (Å²) in [5.74, 6) is -0.284. The first kappa shape index (κ1) is 9.85. The van der Waals surface area contributed by atoms with E-state index < -0.39 is 0 Å². The van der Waals surface area contributed by atoms with Crippen LogP contribution in [0.5, 0.6) is 0 Å². The average Bonchev–Trinajstić information content (AvgIpc) is 2.73. The van der Waals surface area contributed by atoms with Crippen LogP contribution >= 0.6 is 11.6 Å². The highest BCUT2D eigenvalue weighted by molar-refractivity contribution is 6.34. The van der Waals surface area contributed by atoms with Crippen LogP contribution in [0.4, 0.5) is 0 Å². The monoisotopic (exact) mass is 225 g/mol. The molecule has 78 valence electrons. The van der Waals surface area contributed by atoms with Crippen LogP contribution in [0.3, 0.4) is 0 Å². The van der Waals surface area contributed by atoms with Crippen LogP contribution in [0, 0.1) is 0 Å². The minimum absolute atomic E-state index is 0.253. The number of hydrogen-bond donors (Lipinski definition) is 0.